The van der Waals surface area contributed by atoms with E-state index >= 15 is 0 Å². The molecule has 8 heteroatoms. The molecule has 1 unspecified atom stereocenters. The van der Waals surface area contributed by atoms with Crippen molar-refractivity contribution in [3.63, 3.8) is 0 Å². The molecule has 0 fully saturated rings. The summed E-state index contributed by atoms with van der Waals surface area (Å²) in [6.07, 6.45) is 1.84. The molecule has 33 heavy (non-hydrogen) atoms. The predicted octanol–water partition coefficient (Wildman–Crippen LogP) is 5.26. The van der Waals surface area contributed by atoms with Gasteiger partial charge in [-0.15, -0.1) is 10.2 Å². The Morgan fingerprint density at radius 2 is 1.88 bits per heavy atom. The minimum Gasteiger partial charge on any atom is -0.461 e. The highest BCUT2D eigenvalue weighted by Crippen LogP contribution is 2.31. The van der Waals surface area contributed by atoms with Crippen molar-refractivity contribution in [1.29, 1.82) is 5.26 Å². The van der Waals surface area contributed by atoms with E-state index in [1.54, 1.807) is 17.2 Å². The molecule has 0 bridgehead atoms. The number of amides is 1. The molecule has 4 aromatic rings. The van der Waals surface area contributed by atoms with E-state index in [4.69, 9.17) is 9.68 Å². The van der Waals surface area contributed by atoms with Gasteiger partial charge in [0.15, 0.2) is 10.9 Å². The third-order valence-corrected chi connectivity index (χ3v) is 6.11. The van der Waals surface area contributed by atoms with E-state index in [9.17, 15) is 4.79 Å². The number of hydrogen-bond donors (Lipinski definition) is 0. The molecule has 0 aliphatic rings. The average Bonchev–Trinajstić information content (AvgIpc) is 3.51. The van der Waals surface area contributed by atoms with Crippen molar-refractivity contribution in [2.45, 2.75) is 30.7 Å². The van der Waals surface area contributed by atoms with Gasteiger partial charge in [-0.2, -0.15) is 5.26 Å². The lowest BCUT2D eigenvalue weighted by Crippen LogP contribution is -2.37. The number of para-hydroxylation sites is 1. The van der Waals surface area contributed by atoms with Gasteiger partial charge in [-0.05, 0) is 50.2 Å². The standard InChI is InChI=1S/C25H23N5O2S/c1-18-11-13-20(14-12-18)29(16-7-15-26)24(31)19(2)33-25-28-27-23(22-10-6-17-32-22)30(25)21-8-4-3-5-9-21/h3-6,8-14,17,19H,7,16H2,1-2H3. The first-order chi connectivity index (χ1) is 16.1. The van der Waals surface area contributed by atoms with Crippen molar-refractivity contribution in [3.05, 3.63) is 78.6 Å². The van der Waals surface area contributed by atoms with Crippen LogP contribution in [-0.2, 0) is 4.79 Å². The molecule has 0 saturated heterocycles. The van der Waals surface area contributed by atoms with E-state index in [0.717, 1.165) is 16.9 Å². The fourth-order valence-electron chi connectivity index (χ4n) is 3.40. The Morgan fingerprint density at radius 3 is 2.55 bits per heavy atom. The topological polar surface area (TPSA) is 87.9 Å². The van der Waals surface area contributed by atoms with Crippen LogP contribution in [-0.4, -0.2) is 32.5 Å². The number of carbonyl (C=O) groups is 1. The van der Waals surface area contributed by atoms with Gasteiger partial charge in [0.05, 0.1) is 24.0 Å². The second-order valence-corrected chi connectivity index (χ2v) is 8.76. The van der Waals surface area contributed by atoms with Gasteiger partial charge in [-0.3, -0.25) is 9.36 Å². The Balaban J connectivity index is 1.64. The van der Waals surface area contributed by atoms with Crippen molar-refractivity contribution in [2.24, 2.45) is 0 Å². The van der Waals surface area contributed by atoms with Crippen molar-refractivity contribution in [3.8, 4) is 23.3 Å². The van der Waals surface area contributed by atoms with E-state index in [1.807, 2.05) is 79.1 Å². The second-order valence-electron chi connectivity index (χ2n) is 7.45. The van der Waals surface area contributed by atoms with Gasteiger partial charge in [0.25, 0.3) is 0 Å². The molecule has 0 aliphatic heterocycles. The maximum absolute atomic E-state index is 13.4. The summed E-state index contributed by atoms with van der Waals surface area (Å²) in [5.74, 6) is 1.06. The Morgan fingerprint density at radius 1 is 1.12 bits per heavy atom. The van der Waals surface area contributed by atoms with E-state index in [1.165, 1.54) is 11.8 Å². The second kappa shape index (κ2) is 10.2. The summed E-state index contributed by atoms with van der Waals surface area (Å²) in [5.41, 5.74) is 2.75. The molecule has 166 valence electrons. The summed E-state index contributed by atoms with van der Waals surface area (Å²) >= 11 is 1.32. The Labute approximate surface area is 196 Å². The number of carbonyl (C=O) groups excluding carboxylic acids is 1. The third-order valence-electron chi connectivity index (χ3n) is 5.08. The number of nitriles is 1. The number of furan rings is 1. The largest absolute Gasteiger partial charge is 0.461 e. The van der Waals surface area contributed by atoms with Crippen LogP contribution in [0.5, 0.6) is 0 Å². The summed E-state index contributed by atoms with van der Waals surface area (Å²) in [4.78, 5) is 15.1. The zero-order chi connectivity index (χ0) is 23.2. The van der Waals surface area contributed by atoms with Gasteiger partial charge in [0, 0.05) is 17.9 Å². The van der Waals surface area contributed by atoms with Gasteiger partial charge < -0.3 is 9.32 Å². The average molecular weight is 458 g/mol. The monoisotopic (exact) mass is 457 g/mol. The quantitative estimate of drug-likeness (QED) is 0.335. The van der Waals surface area contributed by atoms with Crippen LogP contribution in [0.1, 0.15) is 18.9 Å². The molecular weight excluding hydrogens is 434 g/mol. The van der Waals surface area contributed by atoms with Crippen LogP contribution < -0.4 is 4.90 Å². The van der Waals surface area contributed by atoms with E-state index < -0.39 is 5.25 Å². The molecule has 0 saturated carbocycles. The van der Waals surface area contributed by atoms with Gasteiger partial charge in [-0.25, -0.2) is 0 Å². The first-order valence-electron chi connectivity index (χ1n) is 10.5. The van der Waals surface area contributed by atoms with Crippen molar-refractivity contribution in [1.82, 2.24) is 14.8 Å². The van der Waals surface area contributed by atoms with Crippen LogP contribution in [0.15, 0.2) is 82.6 Å². The molecular formula is C25H23N5O2S. The summed E-state index contributed by atoms with van der Waals surface area (Å²) in [5, 5.41) is 17.9. The van der Waals surface area contributed by atoms with Crippen molar-refractivity contribution >= 4 is 23.4 Å². The maximum Gasteiger partial charge on any atom is 0.240 e. The molecule has 1 atom stereocenters. The lowest BCUT2D eigenvalue weighted by molar-refractivity contribution is -0.117. The normalized spacial score (nSPS) is 11.7. The molecule has 2 aromatic carbocycles. The van der Waals surface area contributed by atoms with Crippen LogP contribution in [0.2, 0.25) is 0 Å². The highest BCUT2D eigenvalue weighted by atomic mass is 32.2. The number of rotatable bonds is 8. The summed E-state index contributed by atoms with van der Waals surface area (Å²) in [6.45, 7) is 4.17. The van der Waals surface area contributed by atoms with Crippen LogP contribution >= 0.6 is 11.8 Å². The Hall–Kier alpha value is -3.83. The minimum atomic E-state index is -0.457. The molecule has 1 amide bonds. The molecule has 4 rings (SSSR count). The van der Waals surface area contributed by atoms with Crippen LogP contribution in [0, 0.1) is 18.3 Å². The lowest BCUT2D eigenvalue weighted by atomic mass is 10.2. The molecule has 0 spiro atoms. The zero-order valence-corrected chi connectivity index (χ0v) is 19.2. The molecule has 7 nitrogen and oxygen atoms in total. The first kappa shape index (κ1) is 22.4. The van der Waals surface area contributed by atoms with E-state index in [2.05, 4.69) is 16.3 Å². The minimum absolute atomic E-state index is 0.0961. The number of thioether (sulfide) groups is 1. The van der Waals surface area contributed by atoms with Gasteiger partial charge in [0.2, 0.25) is 11.7 Å². The Kier molecular flexibility index (Phi) is 6.91. The lowest BCUT2D eigenvalue weighted by Gasteiger charge is -2.25. The van der Waals surface area contributed by atoms with Crippen LogP contribution in [0.3, 0.4) is 0 Å². The number of nitrogens with zero attached hydrogens (tertiary/aromatic N) is 5. The van der Waals surface area contributed by atoms with E-state index in [0.29, 0.717) is 23.3 Å². The highest BCUT2D eigenvalue weighted by molar-refractivity contribution is 8.00. The highest BCUT2D eigenvalue weighted by Gasteiger charge is 2.26. The number of aromatic nitrogens is 3. The molecule has 2 heterocycles. The summed E-state index contributed by atoms with van der Waals surface area (Å²) in [7, 11) is 0. The predicted molar refractivity (Wildman–Crippen MR) is 128 cm³/mol. The fourth-order valence-corrected chi connectivity index (χ4v) is 4.33. The first-order valence-corrected chi connectivity index (χ1v) is 11.4. The molecule has 0 aliphatic carbocycles. The van der Waals surface area contributed by atoms with E-state index in [-0.39, 0.29) is 12.3 Å². The van der Waals surface area contributed by atoms with Gasteiger partial charge >= 0.3 is 0 Å². The Bertz CT molecular complexity index is 1240. The molecule has 2 aromatic heterocycles. The number of benzene rings is 2. The number of hydrogen-bond acceptors (Lipinski definition) is 6. The fraction of sp³-hybridized carbons (Fsp3) is 0.200. The van der Waals surface area contributed by atoms with Crippen molar-refractivity contribution < 1.29 is 9.21 Å². The number of anilines is 1. The summed E-state index contributed by atoms with van der Waals surface area (Å²) in [6, 6.07) is 23.2. The molecule has 0 radical (unpaired) electrons. The van der Waals surface area contributed by atoms with Crippen molar-refractivity contribution in [2.75, 3.05) is 11.4 Å². The van der Waals surface area contributed by atoms with Gasteiger partial charge in [-0.1, -0.05) is 47.7 Å². The van der Waals surface area contributed by atoms with Gasteiger partial charge in [0.1, 0.15) is 0 Å². The third kappa shape index (κ3) is 4.99. The van der Waals surface area contributed by atoms with Crippen LogP contribution in [0.25, 0.3) is 17.3 Å². The molecule has 0 N–H and O–H groups in total. The SMILES string of the molecule is Cc1ccc(N(CCC#N)C(=O)C(C)Sc2nnc(-c3ccco3)n2-c2ccccc2)cc1. The zero-order valence-electron chi connectivity index (χ0n) is 18.4. The maximum atomic E-state index is 13.4. The van der Waals surface area contributed by atoms with Crippen LogP contribution in [0.4, 0.5) is 5.69 Å². The summed E-state index contributed by atoms with van der Waals surface area (Å²) < 4.78 is 7.45. The number of aryl methyl sites for hydroxylation is 1. The smallest absolute Gasteiger partial charge is 0.240 e.